The maximum Gasteiger partial charge on any atom is 0.179 e. The fourth-order valence-electron chi connectivity index (χ4n) is 2.72. The third kappa shape index (κ3) is 3.38. The van der Waals surface area contributed by atoms with Crippen LogP contribution in [0.3, 0.4) is 0 Å². The van der Waals surface area contributed by atoms with Gasteiger partial charge in [0, 0.05) is 51.5 Å². The minimum Gasteiger partial charge on any atom is -0.378 e. The zero-order valence-corrected chi connectivity index (χ0v) is 12.7. The Kier molecular flexibility index (Phi) is 5.15. The third-order valence-corrected chi connectivity index (χ3v) is 3.95. The second kappa shape index (κ2) is 6.86. The van der Waals surface area contributed by atoms with Gasteiger partial charge in [0.15, 0.2) is 5.78 Å². The summed E-state index contributed by atoms with van der Waals surface area (Å²) in [4.78, 5) is 17.0. The SMILES string of the molecule is CCC(C(=O)c1ccc(N(C)C)cc1)N1CCNCC1. The molecule has 0 bridgehead atoms. The van der Waals surface area contributed by atoms with E-state index in [0.717, 1.165) is 43.9 Å². The van der Waals surface area contributed by atoms with Crippen molar-refractivity contribution in [3.05, 3.63) is 29.8 Å². The summed E-state index contributed by atoms with van der Waals surface area (Å²) in [6.07, 6.45) is 0.869. The van der Waals surface area contributed by atoms with Gasteiger partial charge in [-0.15, -0.1) is 0 Å². The summed E-state index contributed by atoms with van der Waals surface area (Å²) < 4.78 is 0. The van der Waals surface area contributed by atoms with Crippen molar-refractivity contribution in [1.29, 1.82) is 0 Å². The standard InChI is InChI=1S/C16H25N3O/c1-4-15(19-11-9-17-10-12-19)16(20)13-5-7-14(8-6-13)18(2)3/h5-8,15,17H,4,9-12H2,1-3H3. The van der Waals surface area contributed by atoms with Crippen LogP contribution in [0.5, 0.6) is 0 Å². The summed E-state index contributed by atoms with van der Waals surface area (Å²) in [7, 11) is 4.01. The number of benzene rings is 1. The van der Waals surface area contributed by atoms with Gasteiger partial charge in [-0.2, -0.15) is 0 Å². The van der Waals surface area contributed by atoms with Crippen LogP contribution in [0, 0.1) is 0 Å². The number of carbonyl (C=O) groups excluding carboxylic acids is 1. The average molecular weight is 275 g/mol. The molecule has 1 aromatic rings. The van der Waals surface area contributed by atoms with Crippen LogP contribution < -0.4 is 10.2 Å². The number of hydrogen-bond donors (Lipinski definition) is 1. The van der Waals surface area contributed by atoms with Crippen molar-refractivity contribution in [3.63, 3.8) is 0 Å². The molecule has 2 rings (SSSR count). The highest BCUT2D eigenvalue weighted by Crippen LogP contribution is 2.17. The normalized spacial score (nSPS) is 17.8. The van der Waals surface area contributed by atoms with Gasteiger partial charge in [0.1, 0.15) is 0 Å². The molecule has 0 amide bonds. The van der Waals surface area contributed by atoms with Gasteiger partial charge in [-0.25, -0.2) is 0 Å². The smallest absolute Gasteiger partial charge is 0.179 e. The number of hydrogen-bond acceptors (Lipinski definition) is 4. The summed E-state index contributed by atoms with van der Waals surface area (Å²) in [5.41, 5.74) is 1.94. The van der Waals surface area contributed by atoms with Crippen LogP contribution in [0.4, 0.5) is 5.69 Å². The van der Waals surface area contributed by atoms with Gasteiger partial charge in [0.25, 0.3) is 0 Å². The van der Waals surface area contributed by atoms with E-state index in [1.807, 2.05) is 43.3 Å². The highest BCUT2D eigenvalue weighted by molar-refractivity contribution is 6.00. The second-order valence-electron chi connectivity index (χ2n) is 5.52. The Bertz CT molecular complexity index is 436. The lowest BCUT2D eigenvalue weighted by Gasteiger charge is -2.33. The quantitative estimate of drug-likeness (QED) is 0.828. The molecule has 4 nitrogen and oxygen atoms in total. The maximum atomic E-state index is 12.7. The number of ketones is 1. The van der Waals surface area contributed by atoms with Crippen molar-refractivity contribution in [2.45, 2.75) is 19.4 Å². The van der Waals surface area contributed by atoms with Gasteiger partial charge in [0.2, 0.25) is 0 Å². The molecule has 1 N–H and O–H groups in total. The van der Waals surface area contributed by atoms with Crippen molar-refractivity contribution >= 4 is 11.5 Å². The molecule has 1 saturated heterocycles. The molecule has 0 spiro atoms. The minimum absolute atomic E-state index is 0.0160. The van der Waals surface area contributed by atoms with E-state index < -0.39 is 0 Å². The average Bonchev–Trinajstić information content (AvgIpc) is 2.49. The summed E-state index contributed by atoms with van der Waals surface area (Å²) in [5.74, 6) is 0.250. The fourth-order valence-corrected chi connectivity index (χ4v) is 2.72. The van der Waals surface area contributed by atoms with Gasteiger partial charge in [-0.1, -0.05) is 6.92 Å². The van der Waals surface area contributed by atoms with Crippen LogP contribution in [-0.2, 0) is 0 Å². The van der Waals surface area contributed by atoms with Crippen molar-refractivity contribution in [2.75, 3.05) is 45.2 Å². The Balaban J connectivity index is 2.11. The van der Waals surface area contributed by atoms with Crippen LogP contribution in [0.15, 0.2) is 24.3 Å². The molecule has 110 valence electrons. The Morgan fingerprint density at radius 1 is 1.25 bits per heavy atom. The third-order valence-electron chi connectivity index (χ3n) is 3.95. The van der Waals surface area contributed by atoms with Crippen molar-refractivity contribution in [3.8, 4) is 0 Å². The van der Waals surface area contributed by atoms with Crippen molar-refractivity contribution < 1.29 is 4.79 Å². The van der Waals surface area contributed by atoms with E-state index in [4.69, 9.17) is 0 Å². The number of nitrogens with zero attached hydrogens (tertiary/aromatic N) is 2. The van der Waals surface area contributed by atoms with Crippen LogP contribution in [0.2, 0.25) is 0 Å². The molecule has 1 aliphatic heterocycles. The molecule has 0 aromatic heterocycles. The Labute approximate surface area is 121 Å². The molecule has 1 heterocycles. The van der Waals surface area contributed by atoms with Gasteiger partial charge >= 0.3 is 0 Å². The topological polar surface area (TPSA) is 35.6 Å². The molecule has 4 heteroatoms. The summed E-state index contributed by atoms with van der Waals surface area (Å²) in [6, 6.07) is 7.93. The molecule has 1 aliphatic rings. The summed E-state index contributed by atoms with van der Waals surface area (Å²) in [6.45, 7) is 5.96. The van der Waals surface area contributed by atoms with Crippen LogP contribution in [0.1, 0.15) is 23.7 Å². The monoisotopic (exact) mass is 275 g/mol. The molecule has 0 aliphatic carbocycles. The molecule has 0 radical (unpaired) electrons. The first-order chi connectivity index (χ1) is 9.63. The first kappa shape index (κ1) is 15.0. The van der Waals surface area contributed by atoms with Gasteiger partial charge in [-0.05, 0) is 30.7 Å². The second-order valence-corrected chi connectivity index (χ2v) is 5.52. The highest BCUT2D eigenvalue weighted by atomic mass is 16.1. The lowest BCUT2D eigenvalue weighted by atomic mass is 10.00. The van der Waals surface area contributed by atoms with Crippen LogP contribution in [-0.4, -0.2) is 57.0 Å². The lowest BCUT2D eigenvalue weighted by molar-refractivity contribution is 0.0790. The molecule has 0 saturated carbocycles. The van der Waals surface area contributed by atoms with E-state index in [1.165, 1.54) is 0 Å². The molecule has 1 atom stereocenters. The van der Waals surface area contributed by atoms with E-state index in [9.17, 15) is 4.79 Å². The number of carbonyl (C=O) groups is 1. The van der Waals surface area contributed by atoms with Crippen molar-refractivity contribution in [2.24, 2.45) is 0 Å². The van der Waals surface area contributed by atoms with E-state index in [-0.39, 0.29) is 11.8 Å². The predicted molar refractivity (Wildman–Crippen MR) is 83.6 cm³/mol. The van der Waals surface area contributed by atoms with Gasteiger partial charge in [0.05, 0.1) is 6.04 Å². The first-order valence-electron chi connectivity index (χ1n) is 7.40. The number of anilines is 1. The molecule has 1 unspecified atom stereocenters. The summed E-state index contributed by atoms with van der Waals surface area (Å²) in [5, 5.41) is 3.33. The highest BCUT2D eigenvalue weighted by Gasteiger charge is 2.26. The molecular weight excluding hydrogens is 250 g/mol. The Morgan fingerprint density at radius 3 is 2.35 bits per heavy atom. The number of piperazine rings is 1. The first-order valence-corrected chi connectivity index (χ1v) is 7.40. The molecule has 20 heavy (non-hydrogen) atoms. The van der Waals surface area contributed by atoms with E-state index in [2.05, 4.69) is 17.1 Å². The Morgan fingerprint density at radius 2 is 1.85 bits per heavy atom. The van der Waals surface area contributed by atoms with Gasteiger partial charge in [-0.3, -0.25) is 9.69 Å². The van der Waals surface area contributed by atoms with E-state index in [1.54, 1.807) is 0 Å². The number of Topliss-reactive ketones (excluding diaryl/α,β-unsaturated/α-hetero) is 1. The summed E-state index contributed by atoms with van der Waals surface area (Å²) >= 11 is 0. The minimum atomic E-state index is 0.0160. The fraction of sp³-hybridized carbons (Fsp3) is 0.562. The molecular formula is C16H25N3O. The van der Waals surface area contributed by atoms with Crippen LogP contribution >= 0.6 is 0 Å². The van der Waals surface area contributed by atoms with E-state index >= 15 is 0 Å². The number of nitrogens with one attached hydrogen (secondary N) is 1. The zero-order valence-electron chi connectivity index (χ0n) is 12.7. The molecule has 1 fully saturated rings. The van der Waals surface area contributed by atoms with E-state index in [0.29, 0.717) is 0 Å². The maximum absolute atomic E-state index is 12.7. The zero-order chi connectivity index (χ0) is 14.5. The van der Waals surface area contributed by atoms with Gasteiger partial charge < -0.3 is 10.2 Å². The lowest BCUT2D eigenvalue weighted by Crippen LogP contribution is -2.51. The van der Waals surface area contributed by atoms with Crippen LogP contribution in [0.25, 0.3) is 0 Å². The molecule has 1 aromatic carbocycles. The number of rotatable bonds is 5. The Hall–Kier alpha value is -1.39. The largest absolute Gasteiger partial charge is 0.378 e. The predicted octanol–water partition coefficient (Wildman–Crippen LogP) is 1.62. The van der Waals surface area contributed by atoms with Crippen molar-refractivity contribution in [1.82, 2.24) is 10.2 Å².